The lowest BCUT2D eigenvalue weighted by Crippen LogP contribution is -2.39. The molecule has 1 aliphatic heterocycles. The van der Waals surface area contributed by atoms with Crippen LogP contribution >= 0.6 is 0 Å². The van der Waals surface area contributed by atoms with E-state index in [1.165, 1.54) is 6.07 Å². The highest BCUT2D eigenvalue weighted by molar-refractivity contribution is 5.94. The van der Waals surface area contributed by atoms with Gasteiger partial charge in [0.2, 0.25) is 5.91 Å². The molecule has 1 aliphatic rings. The van der Waals surface area contributed by atoms with Gasteiger partial charge in [0.15, 0.2) is 0 Å². The lowest BCUT2D eigenvalue weighted by Gasteiger charge is -2.21. The Balaban J connectivity index is 2.07. The molecule has 114 valence electrons. The van der Waals surface area contributed by atoms with Crippen LogP contribution in [0.15, 0.2) is 18.2 Å². The second kappa shape index (κ2) is 5.63. The Kier molecular flexibility index (Phi) is 4.06. The number of amides is 1. The first kappa shape index (κ1) is 15.1. The van der Waals surface area contributed by atoms with E-state index >= 15 is 0 Å². The predicted octanol–water partition coefficient (Wildman–Crippen LogP) is 2.06. The smallest absolute Gasteiger partial charge is 0.401 e. The van der Waals surface area contributed by atoms with Crippen LogP contribution in [-0.4, -0.2) is 24.5 Å². The zero-order chi connectivity index (χ0) is 15.6. The summed E-state index contributed by atoms with van der Waals surface area (Å²) in [6, 6.07) is 4.64. The summed E-state index contributed by atoms with van der Waals surface area (Å²) in [6.07, 6.45) is -3.78. The number of hydrogen-bond acceptors (Lipinski definition) is 3. The number of carbonyl (C=O) groups is 1. The van der Waals surface area contributed by atoms with Gasteiger partial charge in [-0.2, -0.15) is 13.2 Å². The number of halogens is 3. The molecule has 1 aromatic carbocycles. The topological polar surface area (TPSA) is 88.2 Å². The Morgan fingerprint density at radius 3 is 2.76 bits per heavy atom. The van der Waals surface area contributed by atoms with E-state index in [1.807, 2.05) is 0 Å². The summed E-state index contributed by atoms with van der Waals surface area (Å²) in [5.74, 6) is -2.95. The second-order valence-electron chi connectivity index (χ2n) is 4.73. The Morgan fingerprint density at radius 2 is 2.14 bits per heavy atom. The molecule has 0 radical (unpaired) electrons. The number of aryl methyl sites for hydroxylation is 1. The third-order valence-electron chi connectivity index (χ3n) is 3.16. The van der Waals surface area contributed by atoms with E-state index in [0.29, 0.717) is 18.5 Å². The molecule has 0 aromatic heterocycles. The minimum atomic E-state index is -4.62. The van der Waals surface area contributed by atoms with Crippen LogP contribution in [0.3, 0.4) is 0 Å². The van der Waals surface area contributed by atoms with E-state index in [4.69, 9.17) is 15.9 Å². The van der Waals surface area contributed by atoms with E-state index < -0.39 is 24.5 Å². The van der Waals surface area contributed by atoms with Gasteiger partial charge in [-0.3, -0.25) is 10.2 Å². The van der Waals surface area contributed by atoms with Gasteiger partial charge in [0.05, 0.1) is 0 Å². The van der Waals surface area contributed by atoms with Gasteiger partial charge in [-0.1, -0.05) is 0 Å². The van der Waals surface area contributed by atoms with Crippen molar-refractivity contribution in [2.45, 2.75) is 19.0 Å². The third-order valence-corrected chi connectivity index (χ3v) is 3.16. The first-order chi connectivity index (χ1) is 9.77. The van der Waals surface area contributed by atoms with Crippen LogP contribution < -0.4 is 15.8 Å². The summed E-state index contributed by atoms with van der Waals surface area (Å²) in [5.41, 5.74) is 6.39. The van der Waals surface area contributed by atoms with Gasteiger partial charge in [0.1, 0.15) is 24.1 Å². The minimum absolute atomic E-state index is 0.0927. The SMILES string of the molecule is N=C(N)C(COc1ccc2c(c1)CCC(=O)N2)C(F)(F)F. The maximum absolute atomic E-state index is 12.6. The minimum Gasteiger partial charge on any atom is -0.492 e. The van der Waals surface area contributed by atoms with E-state index in [2.05, 4.69) is 5.32 Å². The van der Waals surface area contributed by atoms with Crippen LogP contribution in [-0.2, 0) is 11.2 Å². The summed E-state index contributed by atoms with van der Waals surface area (Å²) in [4.78, 5) is 11.2. The summed E-state index contributed by atoms with van der Waals surface area (Å²) >= 11 is 0. The molecule has 8 heteroatoms. The van der Waals surface area contributed by atoms with Crippen molar-refractivity contribution in [3.63, 3.8) is 0 Å². The lowest BCUT2D eigenvalue weighted by atomic mass is 10.0. The van der Waals surface area contributed by atoms with Gasteiger partial charge in [-0.25, -0.2) is 0 Å². The van der Waals surface area contributed by atoms with E-state index in [0.717, 1.165) is 5.56 Å². The first-order valence-corrected chi connectivity index (χ1v) is 6.23. The number of alkyl halides is 3. The van der Waals surface area contributed by atoms with Crippen LogP contribution in [0, 0.1) is 11.3 Å². The molecule has 1 atom stereocenters. The van der Waals surface area contributed by atoms with Crippen LogP contribution in [0.4, 0.5) is 18.9 Å². The summed E-state index contributed by atoms with van der Waals surface area (Å²) in [5, 5.41) is 9.64. The summed E-state index contributed by atoms with van der Waals surface area (Å²) in [7, 11) is 0. The average molecular weight is 301 g/mol. The molecular formula is C13H14F3N3O2. The number of ether oxygens (including phenoxy) is 1. The van der Waals surface area contributed by atoms with Crippen molar-refractivity contribution in [3.8, 4) is 5.75 Å². The Labute approximate surface area is 118 Å². The molecule has 1 unspecified atom stereocenters. The molecule has 1 heterocycles. The molecule has 0 saturated carbocycles. The standard InChI is InChI=1S/C13H14F3N3O2/c14-13(15,16)9(12(17)18)6-21-8-2-3-10-7(5-8)1-4-11(20)19-10/h2-3,5,9H,1,4,6H2,(H3,17,18)(H,19,20). The number of hydrogen-bond donors (Lipinski definition) is 3. The Bertz CT molecular complexity index is 572. The van der Waals surface area contributed by atoms with Gasteiger partial charge >= 0.3 is 6.18 Å². The normalized spacial score (nSPS) is 15.9. The van der Waals surface area contributed by atoms with Crippen molar-refractivity contribution < 1.29 is 22.7 Å². The number of anilines is 1. The van der Waals surface area contributed by atoms with Gasteiger partial charge in [0.25, 0.3) is 0 Å². The van der Waals surface area contributed by atoms with Gasteiger partial charge in [-0.15, -0.1) is 0 Å². The number of nitrogens with two attached hydrogens (primary N) is 1. The maximum Gasteiger partial charge on any atom is 0.401 e. The molecule has 1 amide bonds. The monoisotopic (exact) mass is 301 g/mol. The molecular weight excluding hydrogens is 287 g/mol. The molecule has 0 saturated heterocycles. The Hall–Kier alpha value is -2.25. The maximum atomic E-state index is 12.6. The number of fused-ring (bicyclic) bond motifs is 1. The van der Waals surface area contributed by atoms with Crippen molar-refractivity contribution in [1.29, 1.82) is 5.41 Å². The third kappa shape index (κ3) is 3.65. The fourth-order valence-electron chi connectivity index (χ4n) is 1.99. The molecule has 5 nitrogen and oxygen atoms in total. The van der Waals surface area contributed by atoms with Crippen LogP contribution in [0.2, 0.25) is 0 Å². The number of amidine groups is 1. The van der Waals surface area contributed by atoms with Crippen molar-refractivity contribution in [1.82, 2.24) is 0 Å². The van der Waals surface area contributed by atoms with Crippen LogP contribution in [0.25, 0.3) is 0 Å². The fraction of sp³-hybridized carbons (Fsp3) is 0.385. The fourth-order valence-corrected chi connectivity index (χ4v) is 1.99. The number of rotatable bonds is 4. The zero-order valence-electron chi connectivity index (χ0n) is 11.0. The summed E-state index contributed by atoms with van der Waals surface area (Å²) < 4.78 is 43.0. The molecule has 0 bridgehead atoms. The predicted molar refractivity (Wildman–Crippen MR) is 70.3 cm³/mol. The quantitative estimate of drug-likeness (QED) is 0.587. The Morgan fingerprint density at radius 1 is 1.43 bits per heavy atom. The largest absolute Gasteiger partial charge is 0.492 e. The van der Waals surface area contributed by atoms with E-state index in [1.54, 1.807) is 12.1 Å². The number of benzene rings is 1. The highest BCUT2D eigenvalue weighted by Gasteiger charge is 2.42. The molecule has 0 aliphatic carbocycles. The first-order valence-electron chi connectivity index (χ1n) is 6.23. The van der Waals surface area contributed by atoms with Crippen molar-refractivity contribution in [2.24, 2.45) is 11.7 Å². The van der Waals surface area contributed by atoms with Crippen molar-refractivity contribution in [2.75, 3.05) is 11.9 Å². The van der Waals surface area contributed by atoms with Crippen LogP contribution in [0.1, 0.15) is 12.0 Å². The van der Waals surface area contributed by atoms with Crippen molar-refractivity contribution in [3.05, 3.63) is 23.8 Å². The highest BCUT2D eigenvalue weighted by atomic mass is 19.4. The average Bonchev–Trinajstić information content (AvgIpc) is 2.37. The number of carbonyl (C=O) groups excluding carboxylic acids is 1. The lowest BCUT2D eigenvalue weighted by molar-refractivity contribution is -0.162. The summed E-state index contributed by atoms with van der Waals surface area (Å²) in [6.45, 7) is -0.746. The van der Waals surface area contributed by atoms with Gasteiger partial charge in [-0.05, 0) is 30.2 Å². The van der Waals surface area contributed by atoms with Gasteiger partial charge in [0, 0.05) is 12.1 Å². The van der Waals surface area contributed by atoms with Gasteiger partial charge < -0.3 is 15.8 Å². The zero-order valence-corrected chi connectivity index (χ0v) is 11.0. The second-order valence-corrected chi connectivity index (χ2v) is 4.73. The van der Waals surface area contributed by atoms with Crippen molar-refractivity contribution >= 4 is 17.4 Å². The van der Waals surface area contributed by atoms with Crippen LogP contribution in [0.5, 0.6) is 5.75 Å². The molecule has 21 heavy (non-hydrogen) atoms. The van der Waals surface area contributed by atoms with E-state index in [-0.39, 0.29) is 11.7 Å². The number of nitrogens with one attached hydrogen (secondary N) is 2. The van der Waals surface area contributed by atoms with E-state index in [9.17, 15) is 18.0 Å². The molecule has 2 rings (SSSR count). The molecule has 4 N–H and O–H groups in total. The molecule has 1 aromatic rings. The molecule has 0 fully saturated rings. The highest BCUT2D eigenvalue weighted by Crippen LogP contribution is 2.29. The molecule has 0 spiro atoms.